The molecule has 0 aromatic heterocycles. The average molecular weight is 469 g/mol. The first-order valence-electron chi connectivity index (χ1n) is 10.2. The lowest BCUT2D eigenvalue weighted by atomic mass is 9.79. The maximum Gasteiger partial charge on any atom is 0.259 e. The van der Waals surface area contributed by atoms with E-state index in [1.807, 2.05) is 24.3 Å². The number of rotatable bonds is 6. The molecule has 0 saturated carbocycles. The molecule has 0 spiro atoms. The summed E-state index contributed by atoms with van der Waals surface area (Å²) < 4.78 is 5.09. The number of ether oxygens (including phenoxy) is 1. The van der Waals surface area contributed by atoms with Crippen molar-refractivity contribution in [1.29, 1.82) is 0 Å². The molecule has 2 unspecified atom stereocenters. The molecule has 0 radical (unpaired) electrons. The quantitative estimate of drug-likeness (QED) is 0.503. The van der Waals surface area contributed by atoms with E-state index in [2.05, 4.69) is 5.32 Å². The van der Waals surface area contributed by atoms with Gasteiger partial charge in [0.1, 0.15) is 0 Å². The lowest BCUT2D eigenvalue weighted by Crippen LogP contribution is -2.48. The summed E-state index contributed by atoms with van der Waals surface area (Å²) in [5.41, 5.74) is 2.65. The van der Waals surface area contributed by atoms with Gasteiger partial charge in [0.15, 0.2) is 0 Å². The van der Waals surface area contributed by atoms with Crippen LogP contribution in [0.15, 0.2) is 72.8 Å². The second kappa shape index (κ2) is 9.74. The number of hydrogen-bond donors (Lipinski definition) is 1. The minimum Gasteiger partial charge on any atom is -0.383 e. The summed E-state index contributed by atoms with van der Waals surface area (Å²) in [6.45, 7) is 0.766. The van der Waals surface area contributed by atoms with Crippen LogP contribution < -0.4 is 10.2 Å². The zero-order valence-corrected chi connectivity index (χ0v) is 18.9. The number of nitrogens with zero attached hydrogens (tertiary/aromatic N) is 1. The van der Waals surface area contributed by atoms with E-state index in [0.29, 0.717) is 40.0 Å². The third-order valence-electron chi connectivity index (χ3n) is 5.54. The minimum atomic E-state index is -0.627. The molecule has 2 atom stereocenters. The highest BCUT2D eigenvalue weighted by Gasteiger charge is 2.44. The first kappa shape index (κ1) is 22.3. The van der Waals surface area contributed by atoms with E-state index in [-0.39, 0.29) is 11.8 Å². The Hall–Kier alpha value is -2.86. The average Bonchev–Trinajstić information content (AvgIpc) is 2.80. The Morgan fingerprint density at radius 2 is 1.59 bits per heavy atom. The molecule has 1 aliphatic rings. The summed E-state index contributed by atoms with van der Waals surface area (Å²) in [7, 11) is 1.58. The number of halogens is 2. The van der Waals surface area contributed by atoms with Crippen molar-refractivity contribution < 1.29 is 14.3 Å². The highest BCUT2D eigenvalue weighted by molar-refractivity contribution is 6.31. The fourth-order valence-electron chi connectivity index (χ4n) is 4.09. The van der Waals surface area contributed by atoms with Gasteiger partial charge in [0.25, 0.3) is 5.91 Å². The lowest BCUT2D eigenvalue weighted by molar-refractivity contribution is -0.123. The third-order valence-corrected chi connectivity index (χ3v) is 6.05. The van der Waals surface area contributed by atoms with E-state index in [9.17, 15) is 9.59 Å². The monoisotopic (exact) mass is 468 g/mol. The molecule has 0 fully saturated rings. The Morgan fingerprint density at radius 3 is 2.25 bits per heavy atom. The fourth-order valence-corrected chi connectivity index (χ4v) is 4.34. The van der Waals surface area contributed by atoms with Gasteiger partial charge in [-0.25, -0.2) is 0 Å². The molecule has 7 heteroatoms. The second-order valence-electron chi connectivity index (χ2n) is 7.50. The highest BCUT2D eigenvalue weighted by atomic mass is 35.5. The number of anilines is 1. The van der Waals surface area contributed by atoms with Crippen LogP contribution in [-0.4, -0.2) is 32.1 Å². The van der Waals surface area contributed by atoms with Gasteiger partial charge in [-0.15, -0.1) is 0 Å². The molecule has 1 N–H and O–H groups in total. The summed E-state index contributed by atoms with van der Waals surface area (Å²) in [5.74, 6) is -0.984. The molecule has 1 aliphatic heterocycles. The standard InChI is InChI=1S/C25H22Cl2N2O3/c1-32-15-14-28-24(30)22-20-4-2-3-5-21(20)25(31)29(19-12-10-18(27)11-13-19)23(22)16-6-8-17(26)9-7-16/h2-13,22-23H,14-15H2,1H3,(H,28,30). The Labute approximate surface area is 196 Å². The van der Waals surface area contributed by atoms with Crippen molar-refractivity contribution in [2.45, 2.75) is 12.0 Å². The van der Waals surface area contributed by atoms with Crippen LogP contribution >= 0.6 is 23.2 Å². The zero-order chi connectivity index (χ0) is 22.7. The summed E-state index contributed by atoms with van der Waals surface area (Å²) >= 11 is 12.2. The molecule has 2 amide bonds. The van der Waals surface area contributed by atoms with Crippen LogP contribution in [0.2, 0.25) is 10.0 Å². The number of fused-ring (bicyclic) bond motifs is 1. The molecular weight excluding hydrogens is 447 g/mol. The Kier molecular flexibility index (Phi) is 6.80. The highest BCUT2D eigenvalue weighted by Crippen LogP contribution is 2.45. The fraction of sp³-hybridized carbons (Fsp3) is 0.200. The number of benzene rings is 3. The summed E-state index contributed by atoms with van der Waals surface area (Å²) in [6, 6.07) is 21.0. The smallest absolute Gasteiger partial charge is 0.259 e. The van der Waals surface area contributed by atoms with Crippen molar-refractivity contribution in [3.05, 3.63) is 99.5 Å². The van der Waals surface area contributed by atoms with Crippen molar-refractivity contribution >= 4 is 40.7 Å². The van der Waals surface area contributed by atoms with Crippen LogP contribution in [0.25, 0.3) is 0 Å². The third kappa shape index (κ3) is 4.37. The van der Waals surface area contributed by atoms with Crippen molar-refractivity contribution in [3.8, 4) is 0 Å². The van der Waals surface area contributed by atoms with Gasteiger partial charge in [-0.1, -0.05) is 53.5 Å². The van der Waals surface area contributed by atoms with E-state index in [4.69, 9.17) is 27.9 Å². The molecule has 4 rings (SSSR count). The summed E-state index contributed by atoms with van der Waals surface area (Å²) in [6.07, 6.45) is 0. The number of nitrogens with one attached hydrogen (secondary N) is 1. The maximum atomic E-state index is 13.7. The maximum absolute atomic E-state index is 13.7. The molecule has 0 saturated heterocycles. The molecule has 3 aromatic carbocycles. The van der Waals surface area contributed by atoms with Crippen molar-refractivity contribution in [2.75, 3.05) is 25.2 Å². The van der Waals surface area contributed by atoms with E-state index in [0.717, 1.165) is 5.56 Å². The van der Waals surface area contributed by atoms with Crippen molar-refractivity contribution in [2.24, 2.45) is 0 Å². The van der Waals surface area contributed by atoms with Gasteiger partial charge in [-0.3, -0.25) is 14.5 Å². The molecule has 1 heterocycles. The number of methoxy groups -OCH3 is 1. The molecular formula is C25H22Cl2N2O3. The van der Waals surface area contributed by atoms with Gasteiger partial charge in [-0.05, 0) is 53.6 Å². The predicted molar refractivity (Wildman–Crippen MR) is 127 cm³/mol. The molecule has 0 aliphatic carbocycles. The number of carbonyl (C=O) groups excluding carboxylic acids is 2. The van der Waals surface area contributed by atoms with Gasteiger partial charge in [0.05, 0.1) is 18.6 Å². The van der Waals surface area contributed by atoms with Crippen LogP contribution in [-0.2, 0) is 9.53 Å². The van der Waals surface area contributed by atoms with Gasteiger partial charge >= 0.3 is 0 Å². The lowest BCUT2D eigenvalue weighted by Gasteiger charge is -2.42. The molecule has 32 heavy (non-hydrogen) atoms. The van der Waals surface area contributed by atoms with Crippen LogP contribution in [0.1, 0.15) is 33.4 Å². The number of carbonyl (C=O) groups is 2. The topological polar surface area (TPSA) is 58.6 Å². The first-order chi connectivity index (χ1) is 15.5. The molecule has 5 nitrogen and oxygen atoms in total. The van der Waals surface area contributed by atoms with Gasteiger partial charge < -0.3 is 10.1 Å². The SMILES string of the molecule is COCCNC(=O)C1c2ccccc2C(=O)N(c2ccc(Cl)cc2)C1c1ccc(Cl)cc1. The van der Waals surface area contributed by atoms with Crippen LogP contribution in [0, 0.1) is 0 Å². The van der Waals surface area contributed by atoms with Crippen LogP contribution in [0.5, 0.6) is 0 Å². The minimum absolute atomic E-state index is 0.177. The molecule has 3 aromatic rings. The largest absolute Gasteiger partial charge is 0.383 e. The Balaban J connectivity index is 1.89. The van der Waals surface area contributed by atoms with Gasteiger partial charge in [0.2, 0.25) is 5.91 Å². The normalized spacial score (nSPS) is 17.7. The van der Waals surface area contributed by atoms with Crippen LogP contribution in [0.3, 0.4) is 0 Å². The van der Waals surface area contributed by atoms with E-state index in [1.165, 1.54) is 0 Å². The van der Waals surface area contributed by atoms with Crippen molar-refractivity contribution in [1.82, 2.24) is 5.32 Å². The van der Waals surface area contributed by atoms with E-state index in [1.54, 1.807) is 60.5 Å². The first-order valence-corrected chi connectivity index (χ1v) is 11.0. The summed E-state index contributed by atoms with van der Waals surface area (Å²) in [4.78, 5) is 28.8. The van der Waals surface area contributed by atoms with E-state index >= 15 is 0 Å². The number of hydrogen-bond acceptors (Lipinski definition) is 3. The Morgan fingerprint density at radius 1 is 0.969 bits per heavy atom. The number of amides is 2. The predicted octanol–water partition coefficient (Wildman–Crippen LogP) is 5.24. The molecule has 164 valence electrons. The van der Waals surface area contributed by atoms with E-state index < -0.39 is 12.0 Å². The van der Waals surface area contributed by atoms with Crippen molar-refractivity contribution in [3.63, 3.8) is 0 Å². The zero-order valence-electron chi connectivity index (χ0n) is 17.4. The summed E-state index contributed by atoms with van der Waals surface area (Å²) in [5, 5.41) is 4.10. The molecule has 0 bridgehead atoms. The van der Waals surface area contributed by atoms with Gasteiger partial charge in [0, 0.05) is 35.0 Å². The second-order valence-corrected chi connectivity index (χ2v) is 8.37. The van der Waals surface area contributed by atoms with Crippen LogP contribution in [0.4, 0.5) is 5.69 Å². The van der Waals surface area contributed by atoms with Gasteiger partial charge in [-0.2, -0.15) is 0 Å². The Bertz CT molecular complexity index is 1120.